The molecule has 102 valence electrons. The topological polar surface area (TPSA) is 29.9 Å². The molecule has 0 bridgehead atoms. The van der Waals surface area contributed by atoms with Crippen molar-refractivity contribution in [2.75, 3.05) is 0 Å². The van der Waals surface area contributed by atoms with E-state index in [2.05, 4.69) is 42.1 Å². The Morgan fingerprint density at radius 1 is 1.28 bits per heavy atom. The van der Waals surface area contributed by atoms with Crippen molar-refractivity contribution in [3.05, 3.63) is 18.0 Å². The van der Waals surface area contributed by atoms with Crippen molar-refractivity contribution in [2.45, 2.75) is 71.5 Å². The average Bonchev–Trinajstić information content (AvgIpc) is 2.75. The minimum Gasteiger partial charge on any atom is -0.308 e. The van der Waals surface area contributed by atoms with Gasteiger partial charge >= 0.3 is 0 Å². The zero-order valence-corrected chi connectivity index (χ0v) is 12.1. The summed E-state index contributed by atoms with van der Waals surface area (Å²) in [5, 5.41) is 7.99. The smallest absolute Gasteiger partial charge is 0.0534 e. The molecule has 1 aromatic heterocycles. The van der Waals surface area contributed by atoms with Gasteiger partial charge in [0.1, 0.15) is 0 Å². The highest BCUT2D eigenvalue weighted by molar-refractivity contribution is 5.04. The molecule has 1 aliphatic carbocycles. The highest BCUT2D eigenvalue weighted by atomic mass is 15.3. The van der Waals surface area contributed by atoms with Gasteiger partial charge in [0.15, 0.2) is 0 Å². The Bertz CT molecular complexity index is 356. The molecule has 2 rings (SSSR count). The summed E-state index contributed by atoms with van der Waals surface area (Å²) in [6.07, 6.45) is 11.2. The van der Waals surface area contributed by atoms with Gasteiger partial charge in [-0.15, -0.1) is 0 Å². The van der Waals surface area contributed by atoms with Crippen LogP contribution in [0.1, 0.15) is 58.4 Å². The largest absolute Gasteiger partial charge is 0.308 e. The molecule has 0 aromatic carbocycles. The Balaban J connectivity index is 1.82. The lowest BCUT2D eigenvalue weighted by Crippen LogP contribution is -2.34. The van der Waals surface area contributed by atoms with Crippen LogP contribution in [-0.4, -0.2) is 15.3 Å². The lowest BCUT2D eigenvalue weighted by Gasteiger charge is -2.21. The molecule has 1 aliphatic rings. The minimum atomic E-state index is 0.172. The van der Waals surface area contributed by atoms with Crippen LogP contribution in [0.3, 0.4) is 0 Å². The summed E-state index contributed by atoms with van der Waals surface area (Å²) in [4.78, 5) is 0. The maximum atomic E-state index is 4.49. The second-order valence-corrected chi connectivity index (χ2v) is 6.68. The van der Waals surface area contributed by atoms with Crippen LogP contribution in [0.2, 0.25) is 0 Å². The molecule has 1 heterocycles. The Labute approximate surface area is 111 Å². The number of nitrogens with zero attached hydrogens (tertiary/aromatic N) is 2. The van der Waals surface area contributed by atoms with Gasteiger partial charge in [-0.2, -0.15) is 5.10 Å². The van der Waals surface area contributed by atoms with Crippen molar-refractivity contribution < 1.29 is 0 Å². The summed E-state index contributed by atoms with van der Waals surface area (Å²) in [6, 6.07) is 0. The maximum Gasteiger partial charge on any atom is 0.0534 e. The molecule has 0 spiro atoms. The van der Waals surface area contributed by atoms with Crippen molar-refractivity contribution in [2.24, 2.45) is 5.92 Å². The minimum absolute atomic E-state index is 0.172. The number of hydrogen-bond donors (Lipinski definition) is 1. The zero-order valence-electron chi connectivity index (χ0n) is 12.1. The standard InChI is InChI=1S/C15H27N3/c1-15(2,3)16-9-14-10-17-18(12-14)11-13-7-5-4-6-8-13/h10,12-13,16H,4-9,11H2,1-3H3. The van der Waals surface area contributed by atoms with Gasteiger partial charge in [-0.25, -0.2) is 0 Å². The molecule has 0 unspecified atom stereocenters. The van der Waals surface area contributed by atoms with Crippen LogP contribution in [0.25, 0.3) is 0 Å². The predicted octanol–water partition coefficient (Wildman–Crippen LogP) is 3.35. The van der Waals surface area contributed by atoms with Gasteiger partial charge in [-0.05, 0) is 39.5 Å². The first kappa shape index (κ1) is 13.6. The molecule has 0 radical (unpaired) electrons. The molecule has 0 aliphatic heterocycles. The van der Waals surface area contributed by atoms with Crippen LogP contribution in [0.5, 0.6) is 0 Å². The van der Waals surface area contributed by atoms with Gasteiger partial charge in [-0.1, -0.05) is 19.3 Å². The van der Waals surface area contributed by atoms with E-state index in [0.29, 0.717) is 0 Å². The molecule has 1 saturated carbocycles. The van der Waals surface area contributed by atoms with Crippen LogP contribution in [0, 0.1) is 5.92 Å². The van der Waals surface area contributed by atoms with E-state index in [-0.39, 0.29) is 5.54 Å². The first-order chi connectivity index (χ1) is 8.53. The summed E-state index contributed by atoms with van der Waals surface area (Å²) >= 11 is 0. The normalized spacial score (nSPS) is 18.2. The molecule has 1 aromatic rings. The molecule has 3 heteroatoms. The Kier molecular flexibility index (Phi) is 4.44. The summed E-state index contributed by atoms with van der Waals surface area (Å²) < 4.78 is 2.13. The van der Waals surface area contributed by atoms with Crippen LogP contribution >= 0.6 is 0 Å². The molecular formula is C15H27N3. The number of hydrogen-bond acceptors (Lipinski definition) is 2. The summed E-state index contributed by atoms with van der Waals surface area (Å²) in [7, 11) is 0. The molecule has 3 nitrogen and oxygen atoms in total. The van der Waals surface area contributed by atoms with Crippen LogP contribution in [0.4, 0.5) is 0 Å². The highest BCUT2D eigenvalue weighted by Gasteiger charge is 2.14. The van der Waals surface area contributed by atoms with E-state index in [1.54, 1.807) is 0 Å². The van der Waals surface area contributed by atoms with E-state index < -0.39 is 0 Å². The van der Waals surface area contributed by atoms with E-state index in [0.717, 1.165) is 19.0 Å². The fourth-order valence-corrected chi connectivity index (χ4v) is 2.60. The van der Waals surface area contributed by atoms with Crippen LogP contribution in [-0.2, 0) is 13.1 Å². The number of nitrogens with one attached hydrogen (secondary N) is 1. The van der Waals surface area contributed by atoms with Gasteiger partial charge in [0.05, 0.1) is 6.20 Å². The highest BCUT2D eigenvalue weighted by Crippen LogP contribution is 2.24. The van der Waals surface area contributed by atoms with Crippen molar-refractivity contribution in [1.29, 1.82) is 0 Å². The molecule has 18 heavy (non-hydrogen) atoms. The van der Waals surface area contributed by atoms with Gasteiger partial charge in [0.2, 0.25) is 0 Å². The van der Waals surface area contributed by atoms with Crippen LogP contribution < -0.4 is 5.32 Å². The van der Waals surface area contributed by atoms with Gasteiger partial charge in [-0.3, -0.25) is 4.68 Å². The monoisotopic (exact) mass is 249 g/mol. The first-order valence-corrected chi connectivity index (χ1v) is 7.29. The van der Waals surface area contributed by atoms with Gasteiger partial charge in [0.25, 0.3) is 0 Å². The second-order valence-electron chi connectivity index (χ2n) is 6.68. The Morgan fingerprint density at radius 3 is 2.67 bits per heavy atom. The number of rotatable bonds is 4. The first-order valence-electron chi connectivity index (χ1n) is 7.29. The zero-order chi connectivity index (χ0) is 13.0. The van der Waals surface area contributed by atoms with E-state index >= 15 is 0 Å². The Morgan fingerprint density at radius 2 is 2.00 bits per heavy atom. The van der Waals surface area contributed by atoms with Crippen molar-refractivity contribution >= 4 is 0 Å². The molecular weight excluding hydrogens is 222 g/mol. The average molecular weight is 249 g/mol. The Hall–Kier alpha value is -0.830. The predicted molar refractivity (Wildman–Crippen MR) is 75.4 cm³/mol. The fraction of sp³-hybridized carbons (Fsp3) is 0.800. The van der Waals surface area contributed by atoms with Crippen molar-refractivity contribution in [1.82, 2.24) is 15.1 Å². The summed E-state index contributed by atoms with van der Waals surface area (Å²) in [5.41, 5.74) is 1.46. The van der Waals surface area contributed by atoms with Crippen molar-refractivity contribution in [3.8, 4) is 0 Å². The van der Waals surface area contributed by atoms with E-state index in [9.17, 15) is 0 Å². The fourth-order valence-electron chi connectivity index (χ4n) is 2.60. The lowest BCUT2D eigenvalue weighted by atomic mass is 9.89. The van der Waals surface area contributed by atoms with Crippen molar-refractivity contribution in [3.63, 3.8) is 0 Å². The van der Waals surface area contributed by atoms with E-state index in [4.69, 9.17) is 0 Å². The molecule has 0 saturated heterocycles. The summed E-state index contributed by atoms with van der Waals surface area (Å²) in [5.74, 6) is 0.849. The lowest BCUT2D eigenvalue weighted by molar-refractivity contribution is 0.308. The summed E-state index contributed by atoms with van der Waals surface area (Å²) in [6.45, 7) is 8.60. The molecule has 1 fully saturated rings. The number of aromatic nitrogens is 2. The third kappa shape index (κ3) is 4.45. The SMILES string of the molecule is CC(C)(C)NCc1cnn(CC2CCCCC2)c1. The quantitative estimate of drug-likeness (QED) is 0.887. The molecule has 0 amide bonds. The maximum absolute atomic E-state index is 4.49. The van der Waals surface area contributed by atoms with Gasteiger partial charge < -0.3 is 5.32 Å². The van der Waals surface area contributed by atoms with E-state index in [1.165, 1.54) is 37.7 Å². The molecule has 0 atom stereocenters. The van der Waals surface area contributed by atoms with E-state index in [1.807, 2.05) is 6.20 Å². The third-order valence-electron chi connectivity index (χ3n) is 3.68. The van der Waals surface area contributed by atoms with Gasteiger partial charge in [0, 0.05) is 30.4 Å². The van der Waals surface area contributed by atoms with Crippen LogP contribution in [0.15, 0.2) is 12.4 Å². The second kappa shape index (κ2) is 5.87. The molecule has 1 N–H and O–H groups in total. The third-order valence-corrected chi connectivity index (χ3v) is 3.68.